The van der Waals surface area contributed by atoms with E-state index in [1.807, 2.05) is 6.92 Å². The highest BCUT2D eigenvalue weighted by atomic mass is 19.1. The minimum atomic E-state index is -0.563. The van der Waals surface area contributed by atoms with E-state index < -0.39 is 11.8 Å². The van der Waals surface area contributed by atoms with Crippen LogP contribution >= 0.6 is 0 Å². The van der Waals surface area contributed by atoms with E-state index in [0.29, 0.717) is 6.61 Å². The number of hydrogen-bond donors (Lipinski definition) is 0. The summed E-state index contributed by atoms with van der Waals surface area (Å²) in [4.78, 5) is 11.4. The highest BCUT2D eigenvalue weighted by molar-refractivity contribution is 5.89. The van der Waals surface area contributed by atoms with Crippen LogP contribution in [-0.4, -0.2) is 19.7 Å². The molecule has 16 heavy (non-hydrogen) atoms. The molecular weight excluding hydrogens is 211 g/mol. The van der Waals surface area contributed by atoms with Gasteiger partial charge in [-0.05, 0) is 24.6 Å². The van der Waals surface area contributed by atoms with Gasteiger partial charge in [0.15, 0.2) is 11.6 Å². The number of benzene rings is 1. The van der Waals surface area contributed by atoms with E-state index in [4.69, 9.17) is 9.47 Å². The second-order valence-electron chi connectivity index (χ2n) is 3.34. The van der Waals surface area contributed by atoms with Gasteiger partial charge in [0, 0.05) is 0 Å². The second-order valence-corrected chi connectivity index (χ2v) is 3.34. The average molecular weight is 226 g/mol. The topological polar surface area (TPSA) is 35.5 Å². The molecule has 0 spiro atoms. The fourth-order valence-corrected chi connectivity index (χ4v) is 1.19. The van der Waals surface area contributed by atoms with Crippen LogP contribution in [-0.2, 0) is 4.74 Å². The first-order chi connectivity index (χ1) is 7.69. The smallest absolute Gasteiger partial charge is 0.338 e. The minimum absolute atomic E-state index is 0.116. The first-order valence-electron chi connectivity index (χ1n) is 5.19. The van der Waals surface area contributed by atoms with Crippen LogP contribution in [0.2, 0.25) is 0 Å². The van der Waals surface area contributed by atoms with Gasteiger partial charge in [0.2, 0.25) is 0 Å². The summed E-state index contributed by atoms with van der Waals surface area (Å²) >= 11 is 0. The number of ether oxygens (including phenoxy) is 2. The molecule has 0 aliphatic carbocycles. The Hall–Kier alpha value is -1.58. The zero-order valence-electron chi connectivity index (χ0n) is 9.46. The monoisotopic (exact) mass is 226 g/mol. The van der Waals surface area contributed by atoms with E-state index in [9.17, 15) is 9.18 Å². The van der Waals surface area contributed by atoms with Crippen molar-refractivity contribution in [2.24, 2.45) is 0 Å². The number of rotatable bonds is 5. The maximum absolute atomic E-state index is 13.3. The van der Waals surface area contributed by atoms with E-state index in [-0.39, 0.29) is 11.3 Å². The average Bonchev–Trinajstić information content (AvgIpc) is 2.29. The SMILES string of the molecule is CCCCOC(=O)c1ccc(OC)c(F)c1. The van der Waals surface area contributed by atoms with Crippen molar-refractivity contribution in [2.75, 3.05) is 13.7 Å². The summed E-state index contributed by atoms with van der Waals surface area (Å²) in [5, 5.41) is 0. The first-order valence-corrected chi connectivity index (χ1v) is 5.19. The third-order valence-electron chi connectivity index (χ3n) is 2.12. The van der Waals surface area contributed by atoms with Gasteiger partial charge in [-0.15, -0.1) is 0 Å². The molecule has 0 fully saturated rings. The van der Waals surface area contributed by atoms with Gasteiger partial charge in [-0.2, -0.15) is 0 Å². The van der Waals surface area contributed by atoms with Gasteiger partial charge in [-0.25, -0.2) is 9.18 Å². The first kappa shape index (κ1) is 12.5. The predicted octanol–water partition coefficient (Wildman–Crippen LogP) is 2.79. The largest absolute Gasteiger partial charge is 0.494 e. The standard InChI is InChI=1S/C12H15FO3/c1-3-4-7-16-12(14)9-5-6-11(15-2)10(13)8-9/h5-6,8H,3-4,7H2,1-2H3. The van der Waals surface area contributed by atoms with Crippen molar-refractivity contribution in [3.8, 4) is 5.75 Å². The Morgan fingerprint density at radius 1 is 1.44 bits per heavy atom. The molecule has 0 aliphatic heterocycles. The molecule has 0 amide bonds. The predicted molar refractivity (Wildman–Crippen MR) is 58.1 cm³/mol. The molecule has 1 aromatic carbocycles. The summed E-state index contributed by atoms with van der Waals surface area (Å²) in [5.41, 5.74) is 0.203. The lowest BCUT2D eigenvalue weighted by molar-refractivity contribution is 0.0499. The molecule has 0 saturated carbocycles. The zero-order valence-corrected chi connectivity index (χ0v) is 9.46. The number of carbonyl (C=O) groups is 1. The highest BCUT2D eigenvalue weighted by Crippen LogP contribution is 2.18. The summed E-state index contributed by atoms with van der Waals surface area (Å²) < 4.78 is 23.0. The zero-order chi connectivity index (χ0) is 12.0. The van der Waals surface area contributed by atoms with Gasteiger partial charge < -0.3 is 9.47 Å². The molecule has 3 nitrogen and oxygen atoms in total. The molecule has 0 N–H and O–H groups in total. The van der Waals surface area contributed by atoms with Gasteiger partial charge in [-0.1, -0.05) is 13.3 Å². The molecule has 0 atom stereocenters. The normalized spacial score (nSPS) is 9.94. The molecule has 1 aromatic rings. The quantitative estimate of drug-likeness (QED) is 0.572. The van der Waals surface area contributed by atoms with Crippen LogP contribution in [0, 0.1) is 5.82 Å². The number of esters is 1. The lowest BCUT2D eigenvalue weighted by Gasteiger charge is -2.05. The van der Waals surface area contributed by atoms with Crippen LogP contribution in [0.25, 0.3) is 0 Å². The van der Waals surface area contributed by atoms with E-state index in [2.05, 4.69) is 0 Å². The van der Waals surface area contributed by atoms with E-state index in [0.717, 1.165) is 18.9 Å². The number of methoxy groups -OCH3 is 1. The van der Waals surface area contributed by atoms with Crippen molar-refractivity contribution in [3.63, 3.8) is 0 Å². The second kappa shape index (κ2) is 6.10. The minimum Gasteiger partial charge on any atom is -0.494 e. The van der Waals surface area contributed by atoms with E-state index in [1.54, 1.807) is 0 Å². The van der Waals surface area contributed by atoms with Gasteiger partial charge in [-0.3, -0.25) is 0 Å². The number of unbranched alkanes of at least 4 members (excludes halogenated alkanes) is 1. The van der Waals surface area contributed by atoms with Gasteiger partial charge in [0.1, 0.15) is 0 Å². The van der Waals surface area contributed by atoms with Crippen molar-refractivity contribution in [1.29, 1.82) is 0 Å². The maximum Gasteiger partial charge on any atom is 0.338 e. The van der Waals surface area contributed by atoms with Gasteiger partial charge in [0.05, 0.1) is 19.3 Å². The van der Waals surface area contributed by atoms with Gasteiger partial charge in [0.25, 0.3) is 0 Å². The van der Waals surface area contributed by atoms with Gasteiger partial charge >= 0.3 is 5.97 Å². The van der Waals surface area contributed by atoms with Crippen LogP contribution in [0.1, 0.15) is 30.1 Å². The molecule has 88 valence electrons. The third kappa shape index (κ3) is 3.22. The summed E-state index contributed by atoms with van der Waals surface area (Å²) in [6.45, 7) is 2.36. The van der Waals surface area contributed by atoms with Crippen LogP contribution < -0.4 is 4.74 Å². The summed E-state index contributed by atoms with van der Waals surface area (Å²) in [6.07, 6.45) is 1.76. The maximum atomic E-state index is 13.3. The Morgan fingerprint density at radius 3 is 2.75 bits per heavy atom. The molecular formula is C12H15FO3. The Morgan fingerprint density at radius 2 is 2.19 bits per heavy atom. The Balaban J connectivity index is 2.66. The summed E-state index contributed by atoms with van der Waals surface area (Å²) in [6, 6.07) is 4.01. The highest BCUT2D eigenvalue weighted by Gasteiger charge is 2.10. The lowest BCUT2D eigenvalue weighted by atomic mass is 10.2. The van der Waals surface area contributed by atoms with Crippen molar-refractivity contribution in [1.82, 2.24) is 0 Å². The molecule has 4 heteroatoms. The van der Waals surface area contributed by atoms with E-state index >= 15 is 0 Å². The van der Waals surface area contributed by atoms with Crippen LogP contribution in [0.3, 0.4) is 0 Å². The molecule has 0 radical (unpaired) electrons. The number of carbonyl (C=O) groups excluding carboxylic acids is 1. The molecule has 0 unspecified atom stereocenters. The van der Waals surface area contributed by atoms with Crippen LogP contribution in [0.15, 0.2) is 18.2 Å². The Bertz CT molecular complexity index is 363. The Labute approximate surface area is 94.2 Å². The number of hydrogen-bond acceptors (Lipinski definition) is 3. The number of halogens is 1. The molecule has 0 bridgehead atoms. The summed E-state index contributed by atoms with van der Waals surface area (Å²) in [5.74, 6) is -0.951. The van der Waals surface area contributed by atoms with E-state index in [1.165, 1.54) is 19.2 Å². The molecule has 0 aromatic heterocycles. The molecule has 0 aliphatic rings. The van der Waals surface area contributed by atoms with Crippen molar-refractivity contribution < 1.29 is 18.7 Å². The third-order valence-corrected chi connectivity index (χ3v) is 2.12. The fraction of sp³-hybridized carbons (Fsp3) is 0.417. The molecule has 1 rings (SSSR count). The lowest BCUT2D eigenvalue weighted by Crippen LogP contribution is -2.06. The Kier molecular flexibility index (Phi) is 4.76. The van der Waals surface area contributed by atoms with Crippen LogP contribution in [0.4, 0.5) is 4.39 Å². The van der Waals surface area contributed by atoms with Crippen molar-refractivity contribution in [2.45, 2.75) is 19.8 Å². The van der Waals surface area contributed by atoms with Crippen molar-refractivity contribution in [3.05, 3.63) is 29.6 Å². The van der Waals surface area contributed by atoms with Crippen LogP contribution in [0.5, 0.6) is 5.75 Å². The molecule has 0 saturated heterocycles. The van der Waals surface area contributed by atoms with Crippen molar-refractivity contribution >= 4 is 5.97 Å². The summed E-state index contributed by atoms with van der Waals surface area (Å²) in [7, 11) is 1.37. The molecule has 0 heterocycles. The fourth-order valence-electron chi connectivity index (χ4n) is 1.19.